The minimum Gasteiger partial charge on any atom is -0.465 e. The number of carbonyl (C=O) groups excluding carboxylic acids is 3. The predicted octanol–water partition coefficient (Wildman–Crippen LogP) is 4.72. The SMILES string of the molecule is COC(=O)N[C@H](C(=O)N1CCCC1c1nc2cc(-c3nn4c(-c5cnc(C6CCCN6C(=O)[C@@H](NC(=O)O)C(C)C)[nH]5)cnc4s3)ccc2[nH]1)C(C)C. The van der Waals surface area contributed by atoms with E-state index in [4.69, 9.17) is 14.8 Å². The van der Waals surface area contributed by atoms with Crippen LogP contribution in [0.4, 0.5) is 9.59 Å². The summed E-state index contributed by atoms with van der Waals surface area (Å²) < 4.78 is 6.52. The van der Waals surface area contributed by atoms with E-state index in [1.807, 2.05) is 45.9 Å². The molecule has 4 aromatic heterocycles. The number of benzene rings is 1. The molecule has 2 aliphatic heterocycles. The average Bonchev–Trinajstić information content (AvgIpc) is 3.97. The fourth-order valence-electron chi connectivity index (χ4n) is 7.28. The van der Waals surface area contributed by atoms with Crippen LogP contribution in [-0.2, 0) is 14.3 Å². The largest absolute Gasteiger partial charge is 0.465 e. The van der Waals surface area contributed by atoms with Gasteiger partial charge >= 0.3 is 12.2 Å². The van der Waals surface area contributed by atoms with Crippen molar-refractivity contribution in [3.63, 3.8) is 0 Å². The Labute approximate surface area is 308 Å². The maximum atomic E-state index is 13.6. The molecule has 280 valence electrons. The van der Waals surface area contributed by atoms with Gasteiger partial charge in [-0.1, -0.05) is 39.0 Å². The lowest BCUT2D eigenvalue weighted by atomic mass is 10.0. The lowest BCUT2D eigenvalue weighted by Gasteiger charge is -2.29. The molecule has 6 heterocycles. The van der Waals surface area contributed by atoms with Crippen LogP contribution in [0.2, 0.25) is 0 Å². The molecule has 1 aromatic carbocycles. The van der Waals surface area contributed by atoms with Crippen molar-refractivity contribution < 1.29 is 29.0 Å². The Kier molecular flexibility index (Phi) is 9.80. The highest BCUT2D eigenvalue weighted by Crippen LogP contribution is 2.36. The molecule has 7 rings (SSSR count). The van der Waals surface area contributed by atoms with Crippen LogP contribution in [0.3, 0.4) is 0 Å². The molecule has 4 atom stereocenters. The molecule has 2 aliphatic rings. The topological polar surface area (TPSA) is 216 Å². The molecule has 18 heteroatoms. The first-order valence-corrected chi connectivity index (χ1v) is 18.6. The van der Waals surface area contributed by atoms with Crippen LogP contribution in [0.15, 0.2) is 30.6 Å². The van der Waals surface area contributed by atoms with E-state index < -0.39 is 24.3 Å². The second-order valence-electron chi connectivity index (χ2n) is 14.2. The highest BCUT2D eigenvalue weighted by molar-refractivity contribution is 7.19. The summed E-state index contributed by atoms with van der Waals surface area (Å²) in [5.74, 6) is 0.544. The monoisotopic (exact) mass is 745 g/mol. The Bertz CT molecular complexity index is 2170. The van der Waals surface area contributed by atoms with E-state index in [-0.39, 0.29) is 35.7 Å². The molecule has 5 N–H and O–H groups in total. The van der Waals surface area contributed by atoms with E-state index in [1.54, 1.807) is 26.7 Å². The van der Waals surface area contributed by atoms with E-state index in [1.165, 1.54) is 18.4 Å². The number of imidazole rings is 3. The first-order valence-electron chi connectivity index (χ1n) is 17.8. The maximum Gasteiger partial charge on any atom is 0.407 e. The number of aromatic amines is 2. The third-order valence-corrected chi connectivity index (χ3v) is 11.0. The zero-order valence-electron chi connectivity index (χ0n) is 30.1. The van der Waals surface area contributed by atoms with Crippen LogP contribution in [-0.4, -0.2) is 106 Å². The third-order valence-electron chi connectivity index (χ3n) is 10.0. The van der Waals surface area contributed by atoms with Gasteiger partial charge in [-0.25, -0.2) is 29.1 Å². The number of methoxy groups -OCH3 is 1. The van der Waals surface area contributed by atoms with Gasteiger partial charge in [0.05, 0.1) is 48.3 Å². The number of aromatic nitrogens is 7. The van der Waals surface area contributed by atoms with E-state index >= 15 is 0 Å². The Morgan fingerprint density at radius 2 is 1.57 bits per heavy atom. The van der Waals surface area contributed by atoms with Gasteiger partial charge in [0.25, 0.3) is 0 Å². The number of fused-ring (bicyclic) bond motifs is 2. The molecule has 53 heavy (non-hydrogen) atoms. The molecule has 4 amide bonds. The fraction of sp³-hybridized carbons (Fsp3) is 0.486. The number of hydrogen-bond acceptors (Lipinski definition) is 10. The second kappa shape index (κ2) is 14.5. The van der Waals surface area contributed by atoms with E-state index in [9.17, 15) is 24.3 Å². The number of alkyl carbamates (subject to hydrolysis) is 1. The number of H-pyrrole nitrogens is 2. The summed E-state index contributed by atoms with van der Waals surface area (Å²) in [5, 5.41) is 20.0. The number of likely N-dealkylation sites (tertiary alicyclic amines) is 2. The van der Waals surface area contributed by atoms with Crippen LogP contribution in [0.5, 0.6) is 0 Å². The first-order chi connectivity index (χ1) is 25.4. The maximum absolute atomic E-state index is 13.6. The van der Waals surface area contributed by atoms with Gasteiger partial charge in [-0.3, -0.25) is 9.59 Å². The molecule has 2 fully saturated rings. The molecule has 0 saturated carbocycles. The lowest BCUT2D eigenvalue weighted by Crippen LogP contribution is -2.51. The highest BCUT2D eigenvalue weighted by atomic mass is 32.1. The van der Waals surface area contributed by atoms with Gasteiger partial charge in [0.2, 0.25) is 16.8 Å². The van der Waals surface area contributed by atoms with E-state index in [0.717, 1.165) is 40.9 Å². The summed E-state index contributed by atoms with van der Waals surface area (Å²) >= 11 is 1.43. The third kappa shape index (κ3) is 6.90. The number of rotatable bonds is 10. The zero-order valence-corrected chi connectivity index (χ0v) is 30.9. The number of nitrogens with zero attached hydrogens (tertiary/aromatic N) is 7. The van der Waals surface area contributed by atoms with Gasteiger partial charge in [0.15, 0.2) is 0 Å². The minimum absolute atomic E-state index is 0.128. The zero-order chi connectivity index (χ0) is 37.6. The van der Waals surface area contributed by atoms with Gasteiger partial charge in [-0.2, -0.15) is 5.10 Å². The molecule has 0 bridgehead atoms. The Morgan fingerprint density at radius 3 is 2.21 bits per heavy atom. The number of hydrogen-bond donors (Lipinski definition) is 5. The molecular formula is C35H43N11O6S. The van der Waals surface area contributed by atoms with Crippen molar-refractivity contribution in [1.29, 1.82) is 0 Å². The Hall–Kier alpha value is -5.52. The van der Waals surface area contributed by atoms with Gasteiger partial charge < -0.3 is 40.2 Å². The van der Waals surface area contributed by atoms with Crippen LogP contribution in [0, 0.1) is 11.8 Å². The Balaban J connectivity index is 1.10. The summed E-state index contributed by atoms with van der Waals surface area (Å²) in [7, 11) is 1.28. The summed E-state index contributed by atoms with van der Waals surface area (Å²) in [6.07, 6.45) is 4.62. The normalized spacial score (nSPS) is 18.7. The standard InChI is InChI=1S/C35H43N11O6S/c1-17(2)26(41-34(49)50)31(47)44-12-6-8-23(44)28-36-15-22(40-28)25-16-37-33-46(25)43-30(53-33)19-10-11-20-21(14-19)39-29(38-20)24-9-7-13-45(24)32(48)27(18(3)4)42-35(51)52-5/h10-11,14-18,23-24,26-27,41H,6-9,12-13H2,1-5H3,(H,36,40)(H,38,39)(H,42,51)(H,49,50)/t23?,24?,26-,27-/m0/s1. The molecular weight excluding hydrogens is 703 g/mol. The van der Waals surface area contributed by atoms with Crippen molar-refractivity contribution in [2.24, 2.45) is 11.8 Å². The van der Waals surface area contributed by atoms with Crippen molar-refractivity contribution >= 4 is 51.3 Å². The van der Waals surface area contributed by atoms with E-state index in [2.05, 4.69) is 30.6 Å². The number of amides is 4. The smallest absolute Gasteiger partial charge is 0.407 e. The minimum atomic E-state index is -1.23. The number of ether oxygens (including phenoxy) is 1. The molecule has 17 nitrogen and oxygen atoms in total. The number of carbonyl (C=O) groups is 4. The van der Waals surface area contributed by atoms with Crippen LogP contribution >= 0.6 is 11.3 Å². The lowest BCUT2D eigenvalue weighted by molar-refractivity contribution is -0.136. The van der Waals surface area contributed by atoms with Crippen LogP contribution in [0.25, 0.3) is 38.0 Å². The first kappa shape index (κ1) is 35.9. The van der Waals surface area contributed by atoms with Crippen LogP contribution in [0.1, 0.15) is 77.1 Å². The van der Waals surface area contributed by atoms with Crippen molar-refractivity contribution in [3.8, 4) is 22.0 Å². The van der Waals surface area contributed by atoms with Gasteiger partial charge in [-0.15, -0.1) is 0 Å². The molecule has 2 saturated heterocycles. The summed E-state index contributed by atoms with van der Waals surface area (Å²) in [5.41, 5.74) is 3.84. The quantitative estimate of drug-likeness (QED) is 0.133. The van der Waals surface area contributed by atoms with Crippen LogP contribution < -0.4 is 10.6 Å². The number of carboxylic acid groups (broad SMARTS) is 1. The summed E-state index contributed by atoms with van der Waals surface area (Å²) in [6, 6.07) is 3.76. The van der Waals surface area contributed by atoms with Crippen molar-refractivity contribution in [2.45, 2.75) is 77.5 Å². The predicted molar refractivity (Wildman–Crippen MR) is 195 cm³/mol. The molecule has 5 aromatic rings. The van der Waals surface area contributed by atoms with E-state index in [0.29, 0.717) is 47.5 Å². The van der Waals surface area contributed by atoms with Crippen molar-refractivity contribution in [1.82, 2.24) is 55.0 Å². The van der Waals surface area contributed by atoms with Gasteiger partial charge in [0, 0.05) is 18.7 Å². The summed E-state index contributed by atoms with van der Waals surface area (Å²) in [6.45, 7) is 8.49. The molecule has 0 aliphatic carbocycles. The number of nitrogens with one attached hydrogen (secondary N) is 4. The van der Waals surface area contributed by atoms with Gasteiger partial charge in [0.1, 0.15) is 34.4 Å². The van der Waals surface area contributed by atoms with Crippen molar-refractivity contribution in [2.75, 3.05) is 20.2 Å². The molecule has 0 spiro atoms. The van der Waals surface area contributed by atoms with Gasteiger partial charge in [-0.05, 0) is 55.7 Å². The Morgan fingerprint density at radius 1 is 0.906 bits per heavy atom. The molecule has 2 unspecified atom stereocenters. The second-order valence-corrected chi connectivity index (χ2v) is 15.1. The molecule has 0 radical (unpaired) electrons. The summed E-state index contributed by atoms with van der Waals surface area (Å²) in [4.78, 5) is 75.5. The van der Waals surface area contributed by atoms with Crippen molar-refractivity contribution in [3.05, 3.63) is 42.2 Å². The average molecular weight is 746 g/mol. The fourth-order valence-corrected chi connectivity index (χ4v) is 8.15. The highest BCUT2D eigenvalue weighted by Gasteiger charge is 2.39.